The zero-order valence-corrected chi connectivity index (χ0v) is 18.0. The third-order valence-electron chi connectivity index (χ3n) is 4.49. The number of nitro groups is 1. The molecule has 3 rings (SSSR count). The van der Waals surface area contributed by atoms with E-state index in [1.165, 1.54) is 24.3 Å². The number of nitro benzene ring substituents is 1. The van der Waals surface area contributed by atoms with Crippen molar-refractivity contribution in [1.82, 2.24) is 30.6 Å². The highest BCUT2D eigenvalue weighted by molar-refractivity contribution is 6.31. The summed E-state index contributed by atoms with van der Waals surface area (Å²) >= 11 is 6.11. The van der Waals surface area contributed by atoms with E-state index in [4.69, 9.17) is 16.1 Å². The number of carbonyl (C=O) groups excluding carboxylic acids is 2. The van der Waals surface area contributed by atoms with Gasteiger partial charge in [-0.25, -0.2) is 0 Å². The van der Waals surface area contributed by atoms with E-state index in [1.54, 1.807) is 11.6 Å². The van der Waals surface area contributed by atoms with Crippen molar-refractivity contribution >= 4 is 29.1 Å². The molecule has 2 amide bonds. The minimum absolute atomic E-state index is 0.0419. The normalized spacial score (nSPS) is 10.7. The number of halogens is 1. The zero-order valence-electron chi connectivity index (χ0n) is 17.3. The van der Waals surface area contributed by atoms with E-state index in [0.717, 1.165) is 5.69 Å². The van der Waals surface area contributed by atoms with E-state index in [-0.39, 0.29) is 49.4 Å². The Balaban J connectivity index is 1.41. The predicted molar refractivity (Wildman–Crippen MR) is 112 cm³/mol. The molecule has 32 heavy (non-hydrogen) atoms. The highest BCUT2D eigenvalue weighted by atomic mass is 35.5. The fourth-order valence-electron chi connectivity index (χ4n) is 2.81. The van der Waals surface area contributed by atoms with E-state index in [0.29, 0.717) is 16.3 Å². The molecule has 0 bridgehead atoms. The Hall–Kier alpha value is -3.80. The van der Waals surface area contributed by atoms with Crippen LogP contribution in [0, 0.1) is 24.0 Å². The molecule has 0 atom stereocenters. The molecule has 0 aliphatic heterocycles. The van der Waals surface area contributed by atoms with Gasteiger partial charge in [0.15, 0.2) is 5.82 Å². The molecule has 13 heteroatoms. The Morgan fingerprint density at radius 2 is 1.88 bits per heavy atom. The first-order valence-electron chi connectivity index (χ1n) is 9.55. The largest absolute Gasteiger partial charge is 0.354 e. The van der Waals surface area contributed by atoms with Crippen molar-refractivity contribution in [1.29, 1.82) is 0 Å². The van der Waals surface area contributed by atoms with Gasteiger partial charge in [-0.1, -0.05) is 28.9 Å². The Morgan fingerprint density at radius 1 is 1.19 bits per heavy atom. The van der Waals surface area contributed by atoms with E-state index >= 15 is 0 Å². The molecule has 0 aliphatic carbocycles. The molecular weight excluding hydrogens is 442 g/mol. The average molecular weight is 462 g/mol. The lowest BCUT2D eigenvalue weighted by Crippen LogP contribution is -2.35. The van der Waals surface area contributed by atoms with Crippen LogP contribution in [0.1, 0.15) is 33.5 Å². The standard InChI is InChI=1S/C19H20ClN7O5/c1-11-17(20)12(2)26(24-11)10-15-23-19(32-25-15)18(29)22-8-7-21-16(28)9-13-3-5-14(6-4-13)27(30)31/h3-6H,7-10H2,1-2H3,(H,21,28)(H,22,29). The number of benzene rings is 1. The van der Waals surface area contributed by atoms with Crippen LogP contribution in [0.3, 0.4) is 0 Å². The molecule has 0 spiro atoms. The maximum absolute atomic E-state index is 12.1. The van der Waals surface area contributed by atoms with Gasteiger partial charge in [0.2, 0.25) is 5.91 Å². The summed E-state index contributed by atoms with van der Waals surface area (Å²) in [6, 6.07) is 5.72. The monoisotopic (exact) mass is 461 g/mol. The highest BCUT2D eigenvalue weighted by Crippen LogP contribution is 2.19. The van der Waals surface area contributed by atoms with Crippen LogP contribution in [-0.2, 0) is 17.8 Å². The number of nitrogens with zero attached hydrogens (tertiary/aromatic N) is 5. The molecule has 12 nitrogen and oxygen atoms in total. The Kier molecular flexibility index (Phi) is 7.15. The predicted octanol–water partition coefficient (Wildman–Crippen LogP) is 1.58. The number of hydrogen-bond acceptors (Lipinski definition) is 8. The summed E-state index contributed by atoms with van der Waals surface area (Å²) in [6.07, 6.45) is 0.0648. The number of nitrogens with one attached hydrogen (secondary N) is 2. The maximum Gasteiger partial charge on any atom is 0.316 e. The van der Waals surface area contributed by atoms with Gasteiger partial charge in [-0.2, -0.15) is 10.1 Å². The van der Waals surface area contributed by atoms with Crippen LogP contribution in [-0.4, -0.2) is 49.7 Å². The highest BCUT2D eigenvalue weighted by Gasteiger charge is 2.17. The first-order chi connectivity index (χ1) is 15.2. The first-order valence-corrected chi connectivity index (χ1v) is 9.92. The number of rotatable bonds is 9. The van der Waals surface area contributed by atoms with Crippen molar-refractivity contribution in [3.05, 3.63) is 68.1 Å². The quantitative estimate of drug-likeness (QED) is 0.276. The SMILES string of the molecule is Cc1nn(Cc2noc(C(=O)NCCNC(=O)Cc3ccc([N+](=O)[O-])cc3)n2)c(C)c1Cl. The molecule has 0 unspecified atom stereocenters. The van der Waals surface area contributed by atoms with Gasteiger partial charge in [0.25, 0.3) is 5.69 Å². The Bertz CT molecular complexity index is 1140. The van der Waals surface area contributed by atoms with Crippen molar-refractivity contribution in [2.45, 2.75) is 26.8 Å². The molecule has 168 valence electrons. The van der Waals surface area contributed by atoms with Gasteiger partial charge in [-0.15, -0.1) is 0 Å². The Morgan fingerprint density at radius 3 is 2.50 bits per heavy atom. The number of non-ortho nitro benzene ring substituents is 1. The van der Waals surface area contributed by atoms with Crippen LogP contribution >= 0.6 is 11.6 Å². The molecular formula is C19H20ClN7O5. The van der Waals surface area contributed by atoms with Crippen LogP contribution in [0.25, 0.3) is 0 Å². The molecule has 2 heterocycles. The first kappa shape index (κ1) is 22.9. The van der Waals surface area contributed by atoms with Crippen molar-refractivity contribution < 1.29 is 19.0 Å². The second kappa shape index (κ2) is 10.0. The summed E-state index contributed by atoms with van der Waals surface area (Å²) in [6.45, 7) is 4.13. The average Bonchev–Trinajstić information content (AvgIpc) is 3.32. The van der Waals surface area contributed by atoms with Gasteiger partial charge in [-0.3, -0.25) is 24.4 Å². The minimum atomic E-state index is -0.570. The summed E-state index contributed by atoms with van der Waals surface area (Å²) in [7, 11) is 0. The van der Waals surface area contributed by atoms with E-state index in [1.807, 2.05) is 6.92 Å². The minimum Gasteiger partial charge on any atom is -0.354 e. The van der Waals surface area contributed by atoms with Crippen LogP contribution in [0.4, 0.5) is 5.69 Å². The van der Waals surface area contributed by atoms with E-state index < -0.39 is 10.8 Å². The molecule has 1 aromatic carbocycles. The second-order valence-electron chi connectivity index (χ2n) is 6.86. The van der Waals surface area contributed by atoms with Crippen molar-refractivity contribution in [2.75, 3.05) is 13.1 Å². The molecule has 0 saturated heterocycles. The lowest BCUT2D eigenvalue weighted by molar-refractivity contribution is -0.384. The molecule has 0 saturated carbocycles. The summed E-state index contributed by atoms with van der Waals surface area (Å²) in [4.78, 5) is 38.3. The van der Waals surface area contributed by atoms with Gasteiger partial charge in [0.05, 0.1) is 27.8 Å². The number of amides is 2. The molecule has 0 aliphatic rings. The molecule has 2 N–H and O–H groups in total. The summed E-state index contributed by atoms with van der Waals surface area (Å²) in [5.74, 6) is -0.782. The third kappa shape index (κ3) is 5.66. The molecule has 0 radical (unpaired) electrons. The van der Waals surface area contributed by atoms with Gasteiger partial charge in [0.1, 0.15) is 6.54 Å². The van der Waals surface area contributed by atoms with Crippen LogP contribution in [0.5, 0.6) is 0 Å². The smallest absolute Gasteiger partial charge is 0.316 e. The lowest BCUT2D eigenvalue weighted by atomic mass is 10.1. The molecule has 0 fully saturated rings. The lowest BCUT2D eigenvalue weighted by Gasteiger charge is -2.06. The number of aromatic nitrogens is 4. The second-order valence-corrected chi connectivity index (χ2v) is 7.24. The summed E-state index contributed by atoms with van der Waals surface area (Å²) in [5, 5.41) is 24.5. The molecule has 2 aromatic heterocycles. The Labute approximate surface area is 187 Å². The maximum atomic E-state index is 12.1. The fourth-order valence-corrected chi connectivity index (χ4v) is 2.95. The van der Waals surface area contributed by atoms with E-state index in [9.17, 15) is 19.7 Å². The zero-order chi connectivity index (χ0) is 23.3. The topological polar surface area (TPSA) is 158 Å². The van der Waals surface area contributed by atoms with Gasteiger partial charge >= 0.3 is 11.8 Å². The van der Waals surface area contributed by atoms with Crippen molar-refractivity contribution in [2.24, 2.45) is 0 Å². The molecule has 3 aromatic rings. The van der Waals surface area contributed by atoms with Crippen LogP contribution < -0.4 is 10.6 Å². The summed E-state index contributed by atoms with van der Waals surface area (Å²) < 4.78 is 6.59. The van der Waals surface area contributed by atoms with Crippen molar-refractivity contribution in [3.8, 4) is 0 Å². The van der Waals surface area contributed by atoms with Gasteiger partial charge < -0.3 is 15.2 Å². The number of carbonyl (C=O) groups is 2. The van der Waals surface area contributed by atoms with Crippen LogP contribution in [0.15, 0.2) is 28.8 Å². The van der Waals surface area contributed by atoms with Crippen LogP contribution in [0.2, 0.25) is 5.02 Å². The van der Waals surface area contributed by atoms with Gasteiger partial charge in [-0.05, 0) is 19.4 Å². The van der Waals surface area contributed by atoms with E-state index in [2.05, 4.69) is 25.9 Å². The number of aryl methyl sites for hydroxylation is 1. The van der Waals surface area contributed by atoms with Gasteiger partial charge in [0, 0.05) is 25.2 Å². The summed E-state index contributed by atoms with van der Waals surface area (Å²) in [5.41, 5.74) is 2.03. The number of hydrogen-bond donors (Lipinski definition) is 2. The van der Waals surface area contributed by atoms with Crippen molar-refractivity contribution in [3.63, 3.8) is 0 Å². The fraction of sp³-hybridized carbons (Fsp3) is 0.316. The third-order valence-corrected chi connectivity index (χ3v) is 5.04.